The lowest BCUT2D eigenvalue weighted by Crippen LogP contribution is -2.10. The molecule has 0 aliphatic rings. The average Bonchev–Trinajstić information content (AvgIpc) is 3.90. The molecule has 0 fully saturated rings. The predicted octanol–water partition coefficient (Wildman–Crippen LogP) is 17.0. The van der Waals surface area contributed by atoms with E-state index in [-0.39, 0.29) is 10.8 Å². The van der Waals surface area contributed by atoms with E-state index >= 15 is 0 Å². The Kier molecular flexibility index (Phi) is 10.2. The maximum Gasteiger partial charge on any atom is 0.166 e. The van der Waals surface area contributed by atoms with Gasteiger partial charge in [-0.25, -0.2) is 15.0 Å². The molecule has 338 valence electrons. The number of fused-ring (bicyclic) bond motifs is 6. The molecule has 3 aromatic heterocycles. The van der Waals surface area contributed by atoms with Crippen molar-refractivity contribution >= 4 is 43.6 Å². The van der Waals surface area contributed by atoms with Gasteiger partial charge in [0.25, 0.3) is 0 Å². The van der Waals surface area contributed by atoms with E-state index in [1.165, 1.54) is 32.7 Å². The quantitative estimate of drug-likeness (QED) is 0.160. The smallest absolute Gasteiger partial charge is 0.166 e. The largest absolute Gasteiger partial charge is 0.308 e. The van der Waals surface area contributed by atoms with Gasteiger partial charge in [0.2, 0.25) is 0 Å². The lowest BCUT2D eigenvalue weighted by atomic mass is 9.86. The Morgan fingerprint density at radius 3 is 1.33 bits per heavy atom. The van der Waals surface area contributed by atoms with Crippen molar-refractivity contribution in [1.29, 1.82) is 0 Å². The van der Waals surface area contributed by atoms with Crippen LogP contribution in [0.4, 0.5) is 0 Å². The second kappa shape index (κ2) is 16.7. The minimum Gasteiger partial charge on any atom is -0.308 e. The fourth-order valence-electron chi connectivity index (χ4n) is 10.3. The van der Waals surface area contributed by atoms with Crippen LogP contribution in [0.1, 0.15) is 52.7 Å². The van der Waals surface area contributed by atoms with Crippen molar-refractivity contribution in [3.63, 3.8) is 0 Å². The minimum atomic E-state index is -0.0247. The maximum absolute atomic E-state index is 5.73. The molecule has 0 bridgehead atoms. The molecule has 0 saturated heterocycles. The first kappa shape index (κ1) is 42.9. The van der Waals surface area contributed by atoms with Gasteiger partial charge in [-0.3, -0.25) is 0 Å². The second-order valence-corrected chi connectivity index (χ2v) is 20.5. The minimum absolute atomic E-state index is 0.0177. The van der Waals surface area contributed by atoms with Crippen LogP contribution < -0.4 is 0 Å². The van der Waals surface area contributed by atoms with E-state index in [4.69, 9.17) is 15.0 Å². The number of hydrogen-bond acceptors (Lipinski definition) is 3. The highest BCUT2D eigenvalue weighted by atomic mass is 15.1. The number of nitrogens with zero attached hydrogens (tertiary/aromatic N) is 5. The zero-order valence-corrected chi connectivity index (χ0v) is 40.4. The Morgan fingerprint density at radius 1 is 0.314 bits per heavy atom. The first-order chi connectivity index (χ1) is 34.0. The Morgan fingerprint density at radius 2 is 0.743 bits per heavy atom. The third kappa shape index (κ3) is 7.28. The summed E-state index contributed by atoms with van der Waals surface area (Å²) < 4.78 is 4.85. The van der Waals surface area contributed by atoms with Crippen molar-refractivity contribution < 1.29 is 0 Å². The van der Waals surface area contributed by atoms with Crippen molar-refractivity contribution in [3.05, 3.63) is 223 Å². The molecule has 12 rings (SSSR count). The van der Waals surface area contributed by atoms with Gasteiger partial charge in [-0.1, -0.05) is 205 Å². The van der Waals surface area contributed by atoms with Crippen molar-refractivity contribution in [2.24, 2.45) is 0 Å². The number of para-hydroxylation sites is 3. The number of benzene rings is 9. The van der Waals surface area contributed by atoms with Gasteiger partial charge in [0.1, 0.15) is 0 Å². The normalized spacial score (nSPS) is 12.1. The van der Waals surface area contributed by atoms with Crippen LogP contribution in [0.3, 0.4) is 0 Å². The molecule has 0 saturated carbocycles. The molecule has 0 radical (unpaired) electrons. The molecule has 9 aromatic carbocycles. The van der Waals surface area contributed by atoms with Crippen LogP contribution in [-0.2, 0) is 10.8 Å². The Hall–Kier alpha value is -8.41. The highest BCUT2D eigenvalue weighted by molar-refractivity contribution is 6.12. The van der Waals surface area contributed by atoms with Gasteiger partial charge in [-0.15, -0.1) is 0 Å². The van der Waals surface area contributed by atoms with Crippen molar-refractivity contribution in [1.82, 2.24) is 24.1 Å². The highest BCUT2D eigenvalue weighted by Crippen LogP contribution is 2.45. The zero-order valence-electron chi connectivity index (χ0n) is 40.4. The van der Waals surface area contributed by atoms with E-state index in [0.29, 0.717) is 17.5 Å². The van der Waals surface area contributed by atoms with Crippen LogP contribution in [0.5, 0.6) is 0 Å². The van der Waals surface area contributed by atoms with Gasteiger partial charge in [0, 0.05) is 38.2 Å². The van der Waals surface area contributed by atoms with Gasteiger partial charge >= 0.3 is 0 Å². The summed E-state index contributed by atoms with van der Waals surface area (Å²) in [6, 6.07) is 76.3. The summed E-state index contributed by atoms with van der Waals surface area (Å²) in [4.78, 5) is 16.7. The lowest BCUT2D eigenvalue weighted by molar-refractivity contribution is 0.591. The van der Waals surface area contributed by atoms with Gasteiger partial charge in [-0.05, 0) is 87.2 Å². The van der Waals surface area contributed by atoms with Crippen molar-refractivity contribution in [2.75, 3.05) is 0 Å². The highest BCUT2D eigenvalue weighted by Gasteiger charge is 2.27. The average molecular weight is 904 g/mol. The summed E-state index contributed by atoms with van der Waals surface area (Å²) in [6.45, 7) is 13.7. The number of rotatable bonds is 7. The monoisotopic (exact) mass is 903 g/mol. The Bertz CT molecular complexity index is 3940. The molecule has 5 nitrogen and oxygen atoms in total. The molecular weight excluding hydrogens is 851 g/mol. The molecule has 3 heterocycles. The summed E-state index contributed by atoms with van der Waals surface area (Å²) in [5, 5.41) is 4.81. The summed E-state index contributed by atoms with van der Waals surface area (Å²) in [7, 11) is 0. The van der Waals surface area contributed by atoms with Gasteiger partial charge in [0.15, 0.2) is 17.5 Å². The van der Waals surface area contributed by atoms with E-state index in [1.54, 1.807) is 0 Å². The second-order valence-electron chi connectivity index (χ2n) is 20.5. The maximum atomic E-state index is 5.73. The van der Waals surface area contributed by atoms with E-state index in [9.17, 15) is 0 Å². The van der Waals surface area contributed by atoms with Gasteiger partial charge < -0.3 is 9.13 Å². The van der Waals surface area contributed by atoms with Gasteiger partial charge in [0.05, 0.1) is 39.0 Å². The van der Waals surface area contributed by atoms with Crippen LogP contribution in [0, 0.1) is 0 Å². The van der Waals surface area contributed by atoms with E-state index in [0.717, 1.165) is 72.4 Å². The first-order valence-electron chi connectivity index (χ1n) is 24.3. The van der Waals surface area contributed by atoms with Crippen LogP contribution in [0.25, 0.3) is 111 Å². The molecule has 0 aliphatic heterocycles. The van der Waals surface area contributed by atoms with E-state index in [1.807, 2.05) is 6.07 Å². The zero-order chi connectivity index (χ0) is 47.7. The molecule has 12 aromatic rings. The molecule has 0 atom stereocenters. The predicted molar refractivity (Wildman–Crippen MR) is 293 cm³/mol. The van der Waals surface area contributed by atoms with Crippen LogP contribution >= 0.6 is 0 Å². The molecule has 5 heteroatoms. The summed E-state index contributed by atoms with van der Waals surface area (Å²) in [5.74, 6) is 1.77. The third-order valence-corrected chi connectivity index (χ3v) is 13.9. The molecule has 0 unspecified atom stereocenters. The molecule has 70 heavy (non-hydrogen) atoms. The van der Waals surface area contributed by atoms with Crippen LogP contribution in [0.15, 0.2) is 212 Å². The number of aromatic nitrogens is 5. The molecule has 0 spiro atoms. The number of hydrogen-bond donors (Lipinski definition) is 0. The van der Waals surface area contributed by atoms with E-state index < -0.39 is 0 Å². The van der Waals surface area contributed by atoms with Crippen LogP contribution in [0.2, 0.25) is 0 Å². The molecule has 0 N–H and O–H groups in total. The molecular formula is C65H53N5. The topological polar surface area (TPSA) is 48.5 Å². The molecule has 0 amide bonds. The van der Waals surface area contributed by atoms with Crippen molar-refractivity contribution in [3.8, 4) is 67.8 Å². The summed E-state index contributed by atoms with van der Waals surface area (Å²) in [6.07, 6.45) is 0. The summed E-state index contributed by atoms with van der Waals surface area (Å²) >= 11 is 0. The fourth-order valence-corrected chi connectivity index (χ4v) is 10.3. The summed E-state index contributed by atoms with van der Waals surface area (Å²) in [5.41, 5.74) is 16.0. The van der Waals surface area contributed by atoms with Crippen LogP contribution in [-0.4, -0.2) is 24.1 Å². The Balaban J connectivity index is 1.20. The molecule has 0 aliphatic carbocycles. The van der Waals surface area contributed by atoms with Crippen molar-refractivity contribution in [2.45, 2.75) is 52.4 Å². The Labute approximate surface area is 409 Å². The standard InChI is InChI=1S/C65H53N5/c1-64(2,3)45-36-38-56-52(40-45)49-28-16-18-33-54(49)69(56)58-35-21-30-47(42-22-10-7-11-23-42)59(58)63-67-61(44-26-14-9-15-27-44)66-62(68-63)51-32-20-31-48(43-24-12-8-13-25-43)60(51)70-55-34-19-17-29-50(55)53-41-46(65(4,5)6)37-39-57(53)70/h7-41H,1-6H3. The third-order valence-electron chi connectivity index (χ3n) is 13.9. The van der Waals surface area contributed by atoms with E-state index in [2.05, 4.69) is 257 Å². The SMILES string of the molecule is CC(C)(C)c1ccc2c(c1)c1ccccc1n2-c1cccc(-c2ccccc2)c1-c1nc(-c2ccccc2)nc(-c2cccc(-c3ccccc3)c2-n2c3ccccc3c3cc(C(C)(C)C)ccc32)n1. The lowest BCUT2D eigenvalue weighted by Gasteiger charge is -2.21. The first-order valence-corrected chi connectivity index (χ1v) is 24.3. The fraction of sp³-hybridized carbons (Fsp3) is 0.123. The van der Waals surface area contributed by atoms with Gasteiger partial charge in [-0.2, -0.15) is 0 Å².